The van der Waals surface area contributed by atoms with Gasteiger partial charge in [0.05, 0.1) is 12.2 Å². The Kier molecular flexibility index (Phi) is 4.27. The SMILES string of the molecule is CCNC(c1cc(C)ccc1C)c1ccncc1F. The first-order valence-electron chi connectivity index (χ1n) is 6.53. The Morgan fingerprint density at radius 3 is 2.68 bits per heavy atom. The molecular formula is C16H19FN2. The summed E-state index contributed by atoms with van der Waals surface area (Å²) in [6.45, 7) is 6.91. The molecule has 19 heavy (non-hydrogen) atoms. The maximum absolute atomic E-state index is 14.0. The second-order valence-corrected chi connectivity index (χ2v) is 4.75. The molecule has 1 aromatic heterocycles. The van der Waals surface area contributed by atoms with Crippen LogP contribution in [0.25, 0.3) is 0 Å². The Morgan fingerprint density at radius 2 is 2.00 bits per heavy atom. The highest BCUT2D eigenvalue weighted by atomic mass is 19.1. The van der Waals surface area contributed by atoms with Crippen LogP contribution in [0, 0.1) is 19.7 Å². The molecule has 1 N–H and O–H groups in total. The second-order valence-electron chi connectivity index (χ2n) is 4.75. The van der Waals surface area contributed by atoms with Crippen molar-refractivity contribution in [2.75, 3.05) is 6.54 Å². The Labute approximate surface area is 113 Å². The number of pyridine rings is 1. The van der Waals surface area contributed by atoms with Crippen molar-refractivity contribution in [1.82, 2.24) is 10.3 Å². The monoisotopic (exact) mass is 258 g/mol. The zero-order chi connectivity index (χ0) is 13.8. The number of nitrogens with one attached hydrogen (secondary N) is 1. The molecule has 0 spiro atoms. The molecule has 2 aromatic rings. The van der Waals surface area contributed by atoms with Gasteiger partial charge in [-0.25, -0.2) is 4.39 Å². The zero-order valence-corrected chi connectivity index (χ0v) is 11.6. The topological polar surface area (TPSA) is 24.9 Å². The number of aromatic nitrogens is 1. The smallest absolute Gasteiger partial charge is 0.146 e. The second kappa shape index (κ2) is 5.93. The number of hydrogen-bond acceptors (Lipinski definition) is 2. The number of halogens is 1. The largest absolute Gasteiger partial charge is 0.306 e. The molecule has 1 atom stereocenters. The minimum absolute atomic E-state index is 0.132. The Hall–Kier alpha value is -1.74. The highest BCUT2D eigenvalue weighted by Gasteiger charge is 2.18. The number of benzene rings is 1. The lowest BCUT2D eigenvalue weighted by Crippen LogP contribution is -2.24. The summed E-state index contributed by atoms with van der Waals surface area (Å²) in [6, 6.07) is 7.87. The maximum atomic E-state index is 14.0. The third-order valence-corrected chi connectivity index (χ3v) is 3.27. The summed E-state index contributed by atoms with van der Waals surface area (Å²) >= 11 is 0. The fourth-order valence-electron chi connectivity index (χ4n) is 2.28. The first-order valence-corrected chi connectivity index (χ1v) is 6.53. The third-order valence-electron chi connectivity index (χ3n) is 3.27. The lowest BCUT2D eigenvalue weighted by molar-refractivity contribution is 0.553. The highest BCUT2D eigenvalue weighted by molar-refractivity contribution is 5.39. The van der Waals surface area contributed by atoms with Crippen LogP contribution in [0.4, 0.5) is 4.39 Å². The van der Waals surface area contributed by atoms with E-state index in [9.17, 15) is 4.39 Å². The van der Waals surface area contributed by atoms with Crippen LogP contribution >= 0.6 is 0 Å². The highest BCUT2D eigenvalue weighted by Crippen LogP contribution is 2.27. The predicted octanol–water partition coefficient (Wildman–Crippen LogP) is 3.54. The average Bonchev–Trinajstić information content (AvgIpc) is 2.40. The van der Waals surface area contributed by atoms with Crippen molar-refractivity contribution in [3.63, 3.8) is 0 Å². The molecule has 3 heteroatoms. The van der Waals surface area contributed by atoms with E-state index in [0.29, 0.717) is 5.56 Å². The Morgan fingerprint density at radius 1 is 1.21 bits per heavy atom. The first-order chi connectivity index (χ1) is 9.13. The number of nitrogens with zero attached hydrogens (tertiary/aromatic N) is 1. The van der Waals surface area contributed by atoms with E-state index in [2.05, 4.69) is 42.3 Å². The molecule has 0 aliphatic heterocycles. The van der Waals surface area contributed by atoms with Crippen LogP contribution in [0.5, 0.6) is 0 Å². The van der Waals surface area contributed by atoms with Gasteiger partial charge in [-0.15, -0.1) is 0 Å². The molecule has 1 unspecified atom stereocenters. The van der Waals surface area contributed by atoms with Gasteiger partial charge in [-0.05, 0) is 37.6 Å². The molecule has 0 saturated heterocycles. The van der Waals surface area contributed by atoms with Gasteiger partial charge in [-0.2, -0.15) is 0 Å². The number of aryl methyl sites for hydroxylation is 2. The summed E-state index contributed by atoms with van der Waals surface area (Å²) in [7, 11) is 0. The van der Waals surface area contributed by atoms with Gasteiger partial charge >= 0.3 is 0 Å². The van der Waals surface area contributed by atoms with Crippen molar-refractivity contribution >= 4 is 0 Å². The summed E-state index contributed by atoms with van der Waals surface area (Å²) in [6.07, 6.45) is 2.90. The predicted molar refractivity (Wildman–Crippen MR) is 75.6 cm³/mol. The molecule has 0 radical (unpaired) electrons. The van der Waals surface area contributed by atoms with Gasteiger partial charge in [0.2, 0.25) is 0 Å². The van der Waals surface area contributed by atoms with Crippen LogP contribution in [0.3, 0.4) is 0 Å². The van der Waals surface area contributed by atoms with Crippen LogP contribution < -0.4 is 5.32 Å². The van der Waals surface area contributed by atoms with Crippen LogP contribution in [-0.2, 0) is 0 Å². The van der Waals surface area contributed by atoms with Gasteiger partial charge in [0.15, 0.2) is 0 Å². The number of rotatable bonds is 4. The van der Waals surface area contributed by atoms with Crippen molar-refractivity contribution in [1.29, 1.82) is 0 Å². The average molecular weight is 258 g/mol. The molecule has 0 saturated carbocycles. The van der Waals surface area contributed by atoms with E-state index < -0.39 is 0 Å². The molecule has 0 aliphatic carbocycles. The molecule has 0 fully saturated rings. The van der Waals surface area contributed by atoms with Crippen LogP contribution in [0.1, 0.15) is 35.2 Å². The summed E-state index contributed by atoms with van der Waals surface area (Å²) in [5.74, 6) is -0.269. The van der Waals surface area contributed by atoms with Crippen molar-refractivity contribution in [2.24, 2.45) is 0 Å². The summed E-state index contributed by atoms with van der Waals surface area (Å²) < 4.78 is 14.0. The van der Waals surface area contributed by atoms with Crippen LogP contribution in [0.2, 0.25) is 0 Å². The minimum atomic E-state index is -0.269. The van der Waals surface area contributed by atoms with Gasteiger partial charge in [-0.1, -0.05) is 30.7 Å². The lowest BCUT2D eigenvalue weighted by Gasteiger charge is -2.21. The van der Waals surface area contributed by atoms with Gasteiger partial charge in [0.1, 0.15) is 5.82 Å². The fraction of sp³-hybridized carbons (Fsp3) is 0.312. The summed E-state index contributed by atoms with van der Waals surface area (Å²) in [5, 5.41) is 3.36. The van der Waals surface area contributed by atoms with E-state index in [4.69, 9.17) is 0 Å². The van der Waals surface area contributed by atoms with Crippen LogP contribution in [-0.4, -0.2) is 11.5 Å². The standard InChI is InChI=1S/C16H19FN2/c1-4-19-16(13-7-8-18-10-15(13)17)14-9-11(2)5-6-12(14)3/h5-10,16,19H,4H2,1-3H3. The normalized spacial score (nSPS) is 12.4. The molecule has 1 heterocycles. The molecular weight excluding hydrogens is 239 g/mol. The van der Waals surface area contributed by atoms with Gasteiger partial charge in [-0.3, -0.25) is 4.98 Å². The van der Waals surface area contributed by atoms with Crippen LogP contribution in [0.15, 0.2) is 36.7 Å². The third kappa shape index (κ3) is 2.99. The van der Waals surface area contributed by atoms with Crippen molar-refractivity contribution in [3.8, 4) is 0 Å². The van der Waals surface area contributed by atoms with E-state index in [0.717, 1.165) is 17.7 Å². The maximum Gasteiger partial charge on any atom is 0.146 e. The fourth-order valence-corrected chi connectivity index (χ4v) is 2.28. The van der Waals surface area contributed by atoms with Gasteiger partial charge in [0.25, 0.3) is 0 Å². The molecule has 100 valence electrons. The quantitative estimate of drug-likeness (QED) is 0.907. The van der Waals surface area contributed by atoms with Crippen molar-refractivity contribution in [2.45, 2.75) is 26.8 Å². The van der Waals surface area contributed by atoms with E-state index in [1.54, 1.807) is 12.3 Å². The van der Waals surface area contributed by atoms with Gasteiger partial charge < -0.3 is 5.32 Å². The van der Waals surface area contributed by atoms with E-state index in [1.165, 1.54) is 11.8 Å². The molecule has 2 nitrogen and oxygen atoms in total. The van der Waals surface area contributed by atoms with E-state index >= 15 is 0 Å². The number of hydrogen-bond donors (Lipinski definition) is 1. The molecule has 1 aromatic carbocycles. The minimum Gasteiger partial charge on any atom is -0.306 e. The summed E-state index contributed by atoms with van der Waals surface area (Å²) in [4.78, 5) is 3.82. The first kappa shape index (κ1) is 13.7. The molecule has 2 rings (SSSR count). The zero-order valence-electron chi connectivity index (χ0n) is 11.6. The van der Waals surface area contributed by atoms with Gasteiger partial charge in [0, 0.05) is 11.8 Å². The van der Waals surface area contributed by atoms with E-state index in [-0.39, 0.29) is 11.9 Å². The lowest BCUT2D eigenvalue weighted by atomic mass is 9.94. The summed E-state index contributed by atoms with van der Waals surface area (Å²) in [5.41, 5.74) is 4.10. The van der Waals surface area contributed by atoms with Crippen molar-refractivity contribution < 1.29 is 4.39 Å². The molecule has 0 bridgehead atoms. The molecule has 0 aliphatic rings. The Balaban J connectivity index is 2.51. The Bertz CT molecular complexity index is 566. The van der Waals surface area contributed by atoms with E-state index in [1.807, 2.05) is 6.92 Å². The molecule has 0 amide bonds. The van der Waals surface area contributed by atoms with Crippen molar-refractivity contribution in [3.05, 3.63) is 64.7 Å².